The van der Waals surface area contributed by atoms with Gasteiger partial charge in [0.2, 0.25) is 11.9 Å². The fraction of sp³-hybridized carbons (Fsp3) is 0.250. The van der Waals surface area contributed by atoms with Gasteiger partial charge in [0.25, 0.3) is 0 Å². The van der Waals surface area contributed by atoms with Crippen LogP contribution in [0, 0.1) is 12.8 Å². The molecule has 5 rings (SSSR count). The Morgan fingerprint density at radius 3 is 2.41 bits per heavy atom. The summed E-state index contributed by atoms with van der Waals surface area (Å²) in [4.78, 5) is 33.7. The Labute approximate surface area is 198 Å². The molecular formula is C28H27N3O3. The second-order valence-corrected chi connectivity index (χ2v) is 8.58. The number of nitrogens with zero attached hydrogens (tertiary/aromatic N) is 3. The lowest BCUT2D eigenvalue weighted by Crippen LogP contribution is -2.50. The van der Waals surface area contributed by atoms with Crippen molar-refractivity contribution in [1.29, 1.82) is 0 Å². The summed E-state index contributed by atoms with van der Waals surface area (Å²) < 4.78 is 7.46. The molecule has 0 saturated heterocycles. The van der Waals surface area contributed by atoms with Crippen molar-refractivity contribution in [2.24, 2.45) is 5.92 Å². The molecule has 0 fully saturated rings. The molecule has 6 heteroatoms. The first-order valence-electron chi connectivity index (χ1n) is 11.6. The molecule has 0 radical (unpaired) electrons. The molecule has 172 valence electrons. The highest BCUT2D eigenvalue weighted by molar-refractivity contribution is 6.08. The number of aromatic nitrogens is 2. The van der Waals surface area contributed by atoms with E-state index >= 15 is 0 Å². The van der Waals surface area contributed by atoms with Gasteiger partial charge in [-0.3, -0.25) is 14.5 Å². The molecular weight excluding hydrogens is 426 g/mol. The Morgan fingerprint density at radius 2 is 1.68 bits per heavy atom. The van der Waals surface area contributed by atoms with Crippen LogP contribution in [0.1, 0.15) is 29.7 Å². The van der Waals surface area contributed by atoms with Gasteiger partial charge in [-0.15, -0.1) is 0 Å². The summed E-state index contributed by atoms with van der Waals surface area (Å²) in [5, 5.41) is 0. The zero-order chi connectivity index (χ0) is 23.7. The third kappa shape index (κ3) is 3.85. The lowest BCUT2D eigenvalue weighted by molar-refractivity contribution is -0.153. The van der Waals surface area contributed by atoms with Crippen LogP contribution in [0.15, 0.2) is 78.9 Å². The third-order valence-electron chi connectivity index (χ3n) is 6.37. The van der Waals surface area contributed by atoms with Gasteiger partial charge in [-0.05, 0) is 43.5 Å². The molecule has 0 bridgehead atoms. The largest absolute Gasteiger partial charge is 0.465 e. The monoisotopic (exact) mass is 453 g/mol. The first-order chi connectivity index (χ1) is 16.6. The van der Waals surface area contributed by atoms with Gasteiger partial charge in [-0.1, -0.05) is 72.3 Å². The summed E-state index contributed by atoms with van der Waals surface area (Å²) in [6.07, 6.45) is 0.653. The van der Waals surface area contributed by atoms with Gasteiger partial charge in [0, 0.05) is 6.54 Å². The Morgan fingerprint density at radius 1 is 0.971 bits per heavy atom. The number of benzene rings is 3. The van der Waals surface area contributed by atoms with E-state index in [1.807, 2.05) is 90.4 Å². The Balaban J connectivity index is 1.68. The SMILES string of the molecule is CCOC(=O)[C@@H]1C(=O)N(CCc2ccccc2)c2nc3ccccc3n2[C@H]1c1ccc(C)cc1. The molecule has 1 amide bonds. The molecule has 6 nitrogen and oxygen atoms in total. The number of rotatable bonds is 6. The fourth-order valence-electron chi connectivity index (χ4n) is 4.71. The van der Waals surface area contributed by atoms with Crippen LogP contribution >= 0.6 is 0 Å². The number of para-hydroxylation sites is 2. The molecule has 1 aliphatic heterocycles. The van der Waals surface area contributed by atoms with Crippen LogP contribution in [0.2, 0.25) is 0 Å². The van der Waals surface area contributed by atoms with E-state index in [2.05, 4.69) is 0 Å². The number of hydrogen-bond acceptors (Lipinski definition) is 4. The summed E-state index contributed by atoms with van der Waals surface area (Å²) in [6, 6.07) is 25.3. The summed E-state index contributed by atoms with van der Waals surface area (Å²) in [5.41, 5.74) is 4.78. The van der Waals surface area contributed by atoms with Crippen molar-refractivity contribution in [1.82, 2.24) is 9.55 Å². The minimum atomic E-state index is -0.997. The summed E-state index contributed by atoms with van der Waals surface area (Å²) in [6.45, 7) is 4.41. The number of anilines is 1. The van der Waals surface area contributed by atoms with Crippen molar-refractivity contribution >= 4 is 28.9 Å². The van der Waals surface area contributed by atoms with E-state index in [-0.39, 0.29) is 12.5 Å². The number of carbonyl (C=O) groups is 2. The smallest absolute Gasteiger partial charge is 0.321 e. The molecule has 0 aliphatic carbocycles. The van der Waals surface area contributed by atoms with Crippen molar-refractivity contribution in [2.45, 2.75) is 26.3 Å². The first kappa shape index (κ1) is 21.9. The van der Waals surface area contributed by atoms with Gasteiger partial charge in [-0.25, -0.2) is 4.98 Å². The highest BCUT2D eigenvalue weighted by Crippen LogP contribution is 2.41. The Hall–Kier alpha value is -3.93. The standard InChI is InChI=1S/C28H27N3O3/c1-3-34-27(33)24-25(21-15-13-19(2)14-16-21)31-23-12-8-7-11-22(23)29-28(31)30(26(24)32)18-17-20-9-5-4-6-10-20/h4-16,24-25H,3,17-18H2,1-2H3/t24-,25-/m0/s1. The lowest BCUT2D eigenvalue weighted by atomic mass is 9.89. The molecule has 2 atom stereocenters. The zero-order valence-electron chi connectivity index (χ0n) is 19.3. The minimum absolute atomic E-state index is 0.213. The van der Waals surface area contributed by atoms with Gasteiger partial charge < -0.3 is 9.30 Å². The molecule has 1 aromatic heterocycles. The van der Waals surface area contributed by atoms with Crippen molar-refractivity contribution < 1.29 is 14.3 Å². The normalized spacial score (nSPS) is 17.6. The summed E-state index contributed by atoms with van der Waals surface area (Å²) in [7, 11) is 0. The molecule has 4 aromatic rings. The first-order valence-corrected chi connectivity index (χ1v) is 11.6. The van der Waals surface area contributed by atoms with Crippen molar-refractivity contribution in [3.63, 3.8) is 0 Å². The van der Waals surface area contributed by atoms with Gasteiger partial charge in [0.15, 0.2) is 5.92 Å². The van der Waals surface area contributed by atoms with Crippen molar-refractivity contribution in [3.05, 3.63) is 95.6 Å². The average molecular weight is 454 g/mol. The van der Waals surface area contributed by atoms with Gasteiger partial charge in [0.1, 0.15) is 0 Å². The predicted octanol–water partition coefficient (Wildman–Crippen LogP) is 4.70. The van der Waals surface area contributed by atoms with Crippen LogP contribution in [0.5, 0.6) is 0 Å². The second kappa shape index (κ2) is 9.14. The number of fused-ring (bicyclic) bond motifs is 3. The number of esters is 1. The quantitative estimate of drug-likeness (QED) is 0.314. The molecule has 0 unspecified atom stereocenters. The van der Waals surface area contributed by atoms with Crippen LogP contribution in [0.25, 0.3) is 11.0 Å². The van der Waals surface area contributed by atoms with E-state index in [1.54, 1.807) is 11.8 Å². The molecule has 3 aromatic carbocycles. The maximum Gasteiger partial charge on any atom is 0.321 e. The van der Waals surface area contributed by atoms with Crippen LogP contribution in [0.3, 0.4) is 0 Å². The predicted molar refractivity (Wildman–Crippen MR) is 132 cm³/mol. The Bertz CT molecular complexity index is 1330. The van der Waals surface area contributed by atoms with E-state index in [4.69, 9.17) is 9.72 Å². The highest BCUT2D eigenvalue weighted by Gasteiger charge is 2.47. The van der Waals surface area contributed by atoms with Gasteiger partial charge in [-0.2, -0.15) is 0 Å². The molecule has 34 heavy (non-hydrogen) atoms. The molecule has 1 aliphatic rings. The number of amides is 1. The third-order valence-corrected chi connectivity index (χ3v) is 6.37. The second-order valence-electron chi connectivity index (χ2n) is 8.58. The number of imidazole rings is 1. The topological polar surface area (TPSA) is 64.4 Å². The Kier molecular flexibility index (Phi) is 5.88. The highest BCUT2D eigenvalue weighted by atomic mass is 16.5. The summed E-state index contributed by atoms with van der Waals surface area (Å²) >= 11 is 0. The molecule has 0 saturated carbocycles. The van der Waals surface area contributed by atoms with E-state index in [0.29, 0.717) is 18.9 Å². The minimum Gasteiger partial charge on any atom is -0.465 e. The maximum atomic E-state index is 13.9. The molecule has 0 spiro atoms. The zero-order valence-corrected chi connectivity index (χ0v) is 19.3. The van der Waals surface area contributed by atoms with Crippen molar-refractivity contribution in [3.8, 4) is 0 Å². The van der Waals surface area contributed by atoms with Crippen LogP contribution < -0.4 is 4.90 Å². The number of hydrogen-bond donors (Lipinski definition) is 0. The van der Waals surface area contributed by atoms with E-state index < -0.39 is 17.9 Å². The molecule has 0 N–H and O–H groups in total. The van der Waals surface area contributed by atoms with Crippen LogP contribution in [0.4, 0.5) is 5.95 Å². The molecule has 2 heterocycles. The van der Waals surface area contributed by atoms with Crippen LogP contribution in [-0.2, 0) is 20.7 Å². The summed E-state index contributed by atoms with van der Waals surface area (Å²) in [5.74, 6) is -1.22. The maximum absolute atomic E-state index is 13.9. The van der Waals surface area contributed by atoms with E-state index in [0.717, 1.165) is 27.7 Å². The number of aryl methyl sites for hydroxylation is 1. The van der Waals surface area contributed by atoms with Gasteiger partial charge in [0.05, 0.1) is 23.7 Å². The number of ether oxygens (including phenoxy) is 1. The number of carbonyl (C=O) groups excluding carboxylic acids is 2. The van der Waals surface area contributed by atoms with Crippen LogP contribution in [-0.4, -0.2) is 34.6 Å². The van der Waals surface area contributed by atoms with Crippen molar-refractivity contribution in [2.75, 3.05) is 18.1 Å². The van der Waals surface area contributed by atoms with Gasteiger partial charge >= 0.3 is 5.97 Å². The lowest BCUT2D eigenvalue weighted by Gasteiger charge is -2.38. The fourth-order valence-corrected chi connectivity index (χ4v) is 4.71. The average Bonchev–Trinajstić information content (AvgIpc) is 3.23. The van der Waals surface area contributed by atoms with E-state index in [1.165, 1.54) is 0 Å². The van der Waals surface area contributed by atoms with E-state index in [9.17, 15) is 9.59 Å².